The molecule has 9 heteroatoms. The maximum atomic E-state index is 11.9. The number of esters is 1. The van der Waals surface area contributed by atoms with Gasteiger partial charge in [-0.25, -0.2) is 4.79 Å². The van der Waals surface area contributed by atoms with E-state index in [4.69, 9.17) is 4.74 Å². The Morgan fingerprint density at radius 3 is 1.84 bits per heavy atom. The first-order valence-corrected chi connectivity index (χ1v) is 8.87. The van der Waals surface area contributed by atoms with Gasteiger partial charge in [0, 0.05) is 17.7 Å². The molecular formula is C22H14N2O7. The third kappa shape index (κ3) is 4.67. The first-order valence-electron chi connectivity index (χ1n) is 8.87. The Morgan fingerprint density at radius 2 is 1.26 bits per heavy atom. The zero-order valence-electron chi connectivity index (χ0n) is 15.8. The topological polar surface area (TPSA) is 130 Å². The molecule has 0 aliphatic carbocycles. The molecule has 4 rings (SSSR count). The Bertz CT molecular complexity index is 1220. The predicted molar refractivity (Wildman–Crippen MR) is 112 cm³/mol. The summed E-state index contributed by atoms with van der Waals surface area (Å²) in [5.74, 6) is -0.0216. The second-order valence-electron chi connectivity index (χ2n) is 6.19. The fourth-order valence-electron chi connectivity index (χ4n) is 2.86. The van der Waals surface area contributed by atoms with Crippen molar-refractivity contribution >= 4 is 35.3 Å². The lowest BCUT2D eigenvalue weighted by Crippen LogP contribution is -2.00. The largest absolute Gasteiger partial charge is 0.422 e. The summed E-state index contributed by atoms with van der Waals surface area (Å²) in [5, 5.41) is 21.2. The van der Waals surface area contributed by atoms with Crippen molar-refractivity contribution in [3.63, 3.8) is 0 Å². The number of para-hydroxylation sites is 3. The molecule has 0 unspecified atom stereocenters. The second-order valence-corrected chi connectivity index (χ2v) is 6.19. The summed E-state index contributed by atoms with van der Waals surface area (Å²) in [6.45, 7) is 0. The quantitative estimate of drug-likeness (QED) is 0.153. The highest BCUT2D eigenvalue weighted by Crippen LogP contribution is 2.36. The van der Waals surface area contributed by atoms with Crippen LogP contribution in [0.15, 0.2) is 72.8 Å². The molecule has 31 heavy (non-hydrogen) atoms. The summed E-state index contributed by atoms with van der Waals surface area (Å²) in [6.07, 6.45) is 1.96. The van der Waals surface area contributed by atoms with Crippen LogP contribution in [0.25, 0.3) is 11.6 Å². The minimum absolute atomic E-state index is 0.0443. The molecule has 0 aromatic heterocycles. The summed E-state index contributed by atoms with van der Waals surface area (Å²) in [6, 6.07) is 19.1. The van der Waals surface area contributed by atoms with E-state index in [2.05, 4.69) is 0 Å². The predicted octanol–water partition coefficient (Wildman–Crippen LogP) is 4.46. The van der Waals surface area contributed by atoms with Crippen LogP contribution in [0.2, 0.25) is 0 Å². The lowest BCUT2D eigenvalue weighted by atomic mass is 10.0. The van der Waals surface area contributed by atoms with Gasteiger partial charge in [-0.15, -0.1) is 0 Å². The van der Waals surface area contributed by atoms with Crippen molar-refractivity contribution in [2.24, 2.45) is 0 Å². The number of rotatable bonds is 4. The Morgan fingerprint density at radius 1 is 0.742 bits per heavy atom. The minimum Gasteiger partial charge on any atom is -0.422 e. The lowest BCUT2D eigenvalue weighted by Gasteiger charge is -1.98. The fraction of sp³-hybridized carbons (Fsp3) is 0. The van der Waals surface area contributed by atoms with Gasteiger partial charge in [0.15, 0.2) is 6.29 Å². The molecule has 3 aromatic carbocycles. The van der Waals surface area contributed by atoms with Gasteiger partial charge in [0.2, 0.25) is 0 Å². The minimum atomic E-state index is -0.580. The van der Waals surface area contributed by atoms with E-state index in [1.165, 1.54) is 30.3 Å². The molecule has 0 bridgehead atoms. The molecule has 1 heterocycles. The number of carbonyl (C=O) groups excluding carboxylic acids is 2. The van der Waals surface area contributed by atoms with E-state index in [0.717, 1.165) is 0 Å². The number of nitro groups is 2. The van der Waals surface area contributed by atoms with Gasteiger partial charge in [0.25, 0.3) is 11.4 Å². The molecule has 3 aromatic rings. The lowest BCUT2D eigenvalue weighted by molar-refractivity contribution is -0.385. The van der Waals surface area contributed by atoms with Crippen molar-refractivity contribution in [3.05, 3.63) is 110 Å². The average Bonchev–Trinajstić information content (AvgIpc) is 3.09. The van der Waals surface area contributed by atoms with Crippen molar-refractivity contribution in [2.75, 3.05) is 0 Å². The standard InChI is InChI=1S/C15H9NO4.C7H5NO3/c17-15-12(11-6-2-4-8-14(11)20-15)9-10-5-1-3-7-13(10)16(18)19;9-5-6-3-1-2-4-7(6)8(10)11/h1-9H;1-5H/b12-9+;. The van der Waals surface area contributed by atoms with Gasteiger partial charge >= 0.3 is 5.97 Å². The summed E-state index contributed by atoms with van der Waals surface area (Å²) < 4.78 is 5.11. The van der Waals surface area contributed by atoms with Crippen molar-refractivity contribution in [1.29, 1.82) is 0 Å². The normalized spacial score (nSPS) is 12.9. The number of nitrogens with zero attached hydrogens (tertiary/aromatic N) is 2. The summed E-state index contributed by atoms with van der Waals surface area (Å²) in [5.41, 5.74) is 1.27. The van der Waals surface area contributed by atoms with Gasteiger partial charge in [-0.1, -0.05) is 42.5 Å². The van der Waals surface area contributed by atoms with E-state index in [1.54, 1.807) is 48.5 Å². The summed E-state index contributed by atoms with van der Waals surface area (Å²) in [7, 11) is 0. The van der Waals surface area contributed by atoms with Crippen LogP contribution < -0.4 is 4.74 Å². The van der Waals surface area contributed by atoms with Gasteiger partial charge in [0.1, 0.15) is 5.75 Å². The van der Waals surface area contributed by atoms with Crippen LogP contribution in [-0.2, 0) is 4.79 Å². The summed E-state index contributed by atoms with van der Waals surface area (Å²) in [4.78, 5) is 42.2. The zero-order chi connectivity index (χ0) is 22.4. The maximum absolute atomic E-state index is 11.9. The molecule has 0 radical (unpaired) electrons. The molecule has 0 fully saturated rings. The number of benzene rings is 3. The number of carbonyl (C=O) groups is 2. The highest BCUT2D eigenvalue weighted by Gasteiger charge is 2.27. The van der Waals surface area contributed by atoms with Crippen molar-refractivity contribution in [3.8, 4) is 5.75 Å². The smallest absolute Gasteiger partial charge is 0.344 e. The Hall–Kier alpha value is -4.66. The molecule has 1 aliphatic heterocycles. The van der Waals surface area contributed by atoms with Gasteiger partial charge in [-0.3, -0.25) is 25.0 Å². The number of hydrogen-bond acceptors (Lipinski definition) is 7. The fourth-order valence-corrected chi connectivity index (χ4v) is 2.86. The molecule has 0 saturated carbocycles. The molecule has 0 amide bonds. The number of aldehydes is 1. The van der Waals surface area contributed by atoms with Crippen molar-refractivity contribution in [2.45, 2.75) is 0 Å². The molecule has 0 atom stereocenters. The first kappa shape index (κ1) is 21.1. The van der Waals surface area contributed by atoms with E-state index in [0.29, 0.717) is 28.7 Å². The first-order chi connectivity index (χ1) is 14.9. The third-order valence-corrected chi connectivity index (χ3v) is 4.29. The third-order valence-electron chi connectivity index (χ3n) is 4.29. The van der Waals surface area contributed by atoms with Crippen molar-refractivity contribution in [1.82, 2.24) is 0 Å². The molecule has 154 valence electrons. The Balaban J connectivity index is 0.000000210. The van der Waals surface area contributed by atoms with Gasteiger partial charge in [0.05, 0.1) is 26.5 Å². The number of hydrogen-bond donors (Lipinski definition) is 0. The Labute approximate surface area is 175 Å². The summed E-state index contributed by atoms with van der Waals surface area (Å²) >= 11 is 0. The maximum Gasteiger partial charge on any atom is 0.344 e. The van der Waals surface area contributed by atoms with Gasteiger partial charge < -0.3 is 4.74 Å². The van der Waals surface area contributed by atoms with E-state index in [1.807, 2.05) is 0 Å². The van der Waals surface area contributed by atoms with Crippen LogP contribution >= 0.6 is 0 Å². The van der Waals surface area contributed by atoms with E-state index in [-0.39, 0.29) is 16.9 Å². The van der Waals surface area contributed by atoms with Crippen LogP contribution in [-0.4, -0.2) is 22.1 Å². The van der Waals surface area contributed by atoms with Crippen LogP contribution in [0.4, 0.5) is 11.4 Å². The number of nitro benzene ring substituents is 2. The number of fused-ring (bicyclic) bond motifs is 1. The zero-order valence-corrected chi connectivity index (χ0v) is 15.8. The van der Waals surface area contributed by atoms with E-state index < -0.39 is 15.8 Å². The van der Waals surface area contributed by atoms with E-state index in [9.17, 15) is 29.8 Å². The average molecular weight is 418 g/mol. The van der Waals surface area contributed by atoms with Crippen LogP contribution in [0.3, 0.4) is 0 Å². The molecule has 0 spiro atoms. The highest BCUT2D eigenvalue weighted by atomic mass is 16.6. The SMILES string of the molecule is O=C1Oc2ccccc2/C1=C\c1ccccc1[N+](=O)[O-].O=Cc1ccccc1[N+](=O)[O-]. The second kappa shape index (κ2) is 9.23. The molecule has 0 N–H and O–H groups in total. The van der Waals surface area contributed by atoms with Crippen LogP contribution in [0.1, 0.15) is 21.5 Å². The molecule has 0 saturated heterocycles. The highest BCUT2D eigenvalue weighted by molar-refractivity contribution is 6.26. The van der Waals surface area contributed by atoms with Crippen LogP contribution in [0.5, 0.6) is 5.75 Å². The number of ether oxygens (including phenoxy) is 1. The van der Waals surface area contributed by atoms with Gasteiger partial charge in [-0.05, 0) is 24.3 Å². The Kier molecular flexibility index (Phi) is 6.27. The molecule has 1 aliphatic rings. The molecule has 9 nitrogen and oxygen atoms in total. The van der Waals surface area contributed by atoms with Gasteiger partial charge in [-0.2, -0.15) is 0 Å². The van der Waals surface area contributed by atoms with Crippen LogP contribution in [0, 0.1) is 20.2 Å². The monoisotopic (exact) mass is 418 g/mol. The molecular weight excluding hydrogens is 404 g/mol. The van der Waals surface area contributed by atoms with E-state index >= 15 is 0 Å². The van der Waals surface area contributed by atoms with Crippen molar-refractivity contribution < 1.29 is 24.2 Å².